The van der Waals surface area contributed by atoms with Crippen LogP contribution in [0.5, 0.6) is 5.75 Å². The average molecular weight is 365 g/mol. The molecule has 1 atom stereocenters. The van der Waals surface area contributed by atoms with Gasteiger partial charge in [0.05, 0.1) is 25.2 Å². The molecule has 1 aromatic heterocycles. The summed E-state index contributed by atoms with van der Waals surface area (Å²) < 4.78 is 28.9. The minimum atomic E-state index is -3.06. The highest BCUT2D eigenvalue weighted by molar-refractivity contribution is 7.91. The second-order valence-corrected chi connectivity index (χ2v) is 9.06. The van der Waals surface area contributed by atoms with E-state index in [1.54, 1.807) is 47.6 Å². The van der Waals surface area contributed by atoms with Crippen LogP contribution in [0.25, 0.3) is 0 Å². The van der Waals surface area contributed by atoms with E-state index in [0.29, 0.717) is 24.3 Å². The van der Waals surface area contributed by atoms with Crippen molar-refractivity contribution in [1.82, 2.24) is 4.90 Å². The van der Waals surface area contributed by atoms with Crippen LogP contribution in [0.1, 0.15) is 21.7 Å². The van der Waals surface area contributed by atoms with Gasteiger partial charge in [-0.2, -0.15) is 0 Å². The number of carbonyl (C=O) groups is 1. The molecule has 5 nitrogen and oxygen atoms in total. The molecule has 1 aliphatic heterocycles. The molecule has 24 heavy (non-hydrogen) atoms. The molecule has 0 unspecified atom stereocenters. The number of hydrogen-bond acceptors (Lipinski definition) is 5. The normalized spacial score (nSPS) is 19.1. The highest BCUT2D eigenvalue weighted by Crippen LogP contribution is 2.24. The van der Waals surface area contributed by atoms with Crippen molar-refractivity contribution in [3.8, 4) is 5.75 Å². The van der Waals surface area contributed by atoms with Crippen LogP contribution < -0.4 is 4.74 Å². The largest absolute Gasteiger partial charge is 0.497 e. The number of rotatable bonds is 5. The standard InChI is InChI=1S/C17H19NO4S2/c1-22-15-5-2-4-13(10-15)17(19)18(11-16-6-3-8-23-16)14-7-9-24(20,21)12-14/h2-6,8,10,14H,7,9,11-12H2,1H3/t14-/m0/s1. The molecule has 3 rings (SSSR count). The smallest absolute Gasteiger partial charge is 0.254 e. The molecule has 1 amide bonds. The van der Waals surface area contributed by atoms with Crippen LogP contribution in [0.4, 0.5) is 0 Å². The number of benzene rings is 1. The van der Waals surface area contributed by atoms with Gasteiger partial charge in [0, 0.05) is 16.5 Å². The Bertz CT molecular complexity index is 815. The van der Waals surface area contributed by atoms with E-state index < -0.39 is 9.84 Å². The topological polar surface area (TPSA) is 63.7 Å². The minimum absolute atomic E-state index is 0.0358. The Labute approximate surface area is 145 Å². The third kappa shape index (κ3) is 3.79. The first-order valence-corrected chi connectivity index (χ1v) is 10.4. The molecule has 1 aromatic carbocycles. The lowest BCUT2D eigenvalue weighted by atomic mass is 10.1. The second-order valence-electron chi connectivity index (χ2n) is 5.80. The molecule has 0 aliphatic carbocycles. The molecule has 0 N–H and O–H groups in total. The van der Waals surface area contributed by atoms with E-state index in [9.17, 15) is 13.2 Å². The van der Waals surface area contributed by atoms with Crippen LogP contribution >= 0.6 is 11.3 Å². The number of thiophene rings is 1. The SMILES string of the molecule is COc1cccc(C(=O)N(Cc2cccs2)[C@H]2CCS(=O)(=O)C2)c1. The molecule has 128 valence electrons. The molecule has 2 aromatic rings. The summed E-state index contributed by atoms with van der Waals surface area (Å²) >= 11 is 1.56. The maximum Gasteiger partial charge on any atom is 0.254 e. The van der Waals surface area contributed by atoms with Crippen molar-refractivity contribution >= 4 is 27.1 Å². The van der Waals surface area contributed by atoms with Crippen molar-refractivity contribution in [2.24, 2.45) is 0 Å². The van der Waals surface area contributed by atoms with Crippen molar-refractivity contribution in [1.29, 1.82) is 0 Å². The summed E-state index contributed by atoms with van der Waals surface area (Å²) in [6.45, 7) is 0.425. The maximum atomic E-state index is 13.0. The lowest BCUT2D eigenvalue weighted by molar-refractivity contribution is 0.0682. The first kappa shape index (κ1) is 17.0. The van der Waals surface area contributed by atoms with E-state index >= 15 is 0 Å². The summed E-state index contributed by atoms with van der Waals surface area (Å²) in [5.74, 6) is 0.623. The Morgan fingerprint density at radius 3 is 2.79 bits per heavy atom. The fourth-order valence-corrected chi connectivity index (χ4v) is 5.31. The highest BCUT2D eigenvalue weighted by atomic mass is 32.2. The number of hydrogen-bond donors (Lipinski definition) is 0. The number of ether oxygens (including phenoxy) is 1. The van der Waals surface area contributed by atoms with Crippen LogP contribution in [-0.2, 0) is 16.4 Å². The number of amides is 1. The van der Waals surface area contributed by atoms with E-state index in [1.165, 1.54) is 0 Å². The van der Waals surface area contributed by atoms with Gasteiger partial charge in [-0.1, -0.05) is 12.1 Å². The summed E-state index contributed by atoms with van der Waals surface area (Å²) in [7, 11) is -1.51. The van der Waals surface area contributed by atoms with Crippen molar-refractivity contribution in [3.05, 3.63) is 52.2 Å². The van der Waals surface area contributed by atoms with Crippen LogP contribution in [0.15, 0.2) is 41.8 Å². The molecule has 1 saturated heterocycles. The van der Waals surface area contributed by atoms with Crippen molar-refractivity contribution in [2.45, 2.75) is 19.0 Å². The van der Waals surface area contributed by atoms with E-state index in [4.69, 9.17) is 4.74 Å². The predicted octanol–water partition coefficient (Wildman–Crippen LogP) is 2.59. The molecular weight excluding hydrogens is 346 g/mol. The third-order valence-electron chi connectivity index (χ3n) is 4.13. The van der Waals surface area contributed by atoms with Crippen LogP contribution in [0.2, 0.25) is 0 Å². The van der Waals surface area contributed by atoms with E-state index in [1.807, 2.05) is 17.5 Å². The number of methoxy groups -OCH3 is 1. The van der Waals surface area contributed by atoms with Gasteiger partial charge in [0.15, 0.2) is 9.84 Å². The van der Waals surface area contributed by atoms with Crippen molar-refractivity contribution in [3.63, 3.8) is 0 Å². The molecule has 7 heteroatoms. The zero-order chi connectivity index (χ0) is 17.2. The Kier molecular flexibility index (Phi) is 4.91. The average Bonchev–Trinajstić information content (AvgIpc) is 3.21. The van der Waals surface area contributed by atoms with Gasteiger partial charge in [0.1, 0.15) is 5.75 Å². The molecule has 1 fully saturated rings. The van der Waals surface area contributed by atoms with Gasteiger partial charge in [0.25, 0.3) is 5.91 Å². The summed E-state index contributed by atoms with van der Waals surface area (Å²) in [6, 6.07) is 10.6. The monoisotopic (exact) mass is 365 g/mol. The third-order valence-corrected chi connectivity index (χ3v) is 6.74. The molecule has 0 radical (unpaired) electrons. The van der Waals surface area contributed by atoms with Gasteiger partial charge in [-0.05, 0) is 36.1 Å². The van der Waals surface area contributed by atoms with Gasteiger partial charge in [-0.25, -0.2) is 8.42 Å². The first-order chi connectivity index (χ1) is 11.5. The van der Waals surface area contributed by atoms with Crippen LogP contribution in [0, 0.1) is 0 Å². The van der Waals surface area contributed by atoms with Gasteiger partial charge >= 0.3 is 0 Å². The predicted molar refractivity (Wildman–Crippen MR) is 94.2 cm³/mol. The van der Waals surface area contributed by atoms with Crippen LogP contribution in [-0.4, -0.2) is 43.9 Å². The van der Waals surface area contributed by atoms with Crippen molar-refractivity contribution in [2.75, 3.05) is 18.6 Å². The zero-order valence-corrected chi connectivity index (χ0v) is 15.0. The fraction of sp³-hybridized carbons (Fsp3) is 0.353. The van der Waals surface area contributed by atoms with Gasteiger partial charge in [0.2, 0.25) is 0 Å². The Balaban J connectivity index is 1.89. The molecule has 0 bridgehead atoms. The van der Waals surface area contributed by atoms with Gasteiger partial charge < -0.3 is 9.64 Å². The Hall–Kier alpha value is -1.86. The Morgan fingerprint density at radius 2 is 2.17 bits per heavy atom. The number of sulfone groups is 1. The minimum Gasteiger partial charge on any atom is -0.497 e. The molecule has 2 heterocycles. The lowest BCUT2D eigenvalue weighted by Gasteiger charge is -2.28. The summed E-state index contributed by atoms with van der Waals surface area (Å²) in [5, 5.41) is 1.95. The molecular formula is C17H19NO4S2. The molecule has 0 saturated carbocycles. The maximum absolute atomic E-state index is 13.0. The summed E-state index contributed by atoms with van der Waals surface area (Å²) in [5.41, 5.74) is 0.509. The number of carbonyl (C=O) groups excluding carboxylic acids is 1. The highest BCUT2D eigenvalue weighted by Gasteiger charge is 2.35. The second kappa shape index (κ2) is 6.94. The zero-order valence-electron chi connectivity index (χ0n) is 13.3. The van der Waals surface area contributed by atoms with Crippen molar-refractivity contribution < 1.29 is 17.9 Å². The van der Waals surface area contributed by atoms with Gasteiger partial charge in [-0.15, -0.1) is 11.3 Å². The van der Waals surface area contributed by atoms with Crippen LogP contribution in [0.3, 0.4) is 0 Å². The van der Waals surface area contributed by atoms with E-state index in [0.717, 1.165) is 4.88 Å². The Morgan fingerprint density at radius 1 is 1.33 bits per heavy atom. The fourth-order valence-electron chi connectivity index (χ4n) is 2.88. The summed E-state index contributed by atoms with van der Waals surface area (Å²) in [6.07, 6.45) is 0.490. The van der Waals surface area contributed by atoms with E-state index in [-0.39, 0.29) is 23.5 Å². The van der Waals surface area contributed by atoms with Gasteiger partial charge in [-0.3, -0.25) is 4.79 Å². The van der Waals surface area contributed by atoms with E-state index in [2.05, 4.69) is 0 Å². The quantitative estimate of drug-likeness (QED) is 0.817. The number of nitrogens with zero attached hydrogens (tertiary/aromatic N) is 1. The first-order valence-electron chi connectivity index (χ1n) is 7.66. The molecule has 1 aliphatic rings. The molecule has 0 spiro atoms. The lowest BCUT2D eigenvalue weighted by Crippen LogP contribution is -2.40. The summed E-state index contributed by atoms with van der Waals surface area (Å²) in [4.78, 5) is 15.7.